The van der Waals surface area contributed by atoms with Crippen molar-refractivity contribution in [2.75, 3.05) is 14.2 Å². The van der Waals surface area contributed by atoms with E-state index in [1.54, 1.807) is 14.2 Å². The largest absolute Gasteiger partial charge is 0.497 e. The van der Waals surface area contributed by atoms with Gasteiger partial charge in [0.1, 0.15) is 11.5 Å². The molecule has 36 heavy (non-hydrogen) atoms. The van der Waals surface area contributed by atoms with E-state index in [0.717, 1.165) is 69.6 Å². The van der Waals surface area contributed by atoms with Crippen molar-refractivity contribution in [1.29, 1.82) is 0 Å². The zero-order valence-electron chi connectivity index (χ0n) is 21.1. The lowest BCUT2D eigenvalue weighted by Crippen LogP contribution is -2.01. The zero-order chi connectivity index (χ0) is 25.1. The van der Waals surface area contributed by atoms with Crippen molar-refractivity contribution < 1.29 is 9.47 Å². The Kier molecular flexibility index (Phi) is 6.58. The topological polar surface area (TPSA) is 54.1 Å². The zero-order valence-corrected chi connectivity index (χ0v) is 21.1. The molecule has 0 saturated carbocycles. The monoisotopic (exact) mass is 478 g/mol. The van der Waals surface area contributed by atoms with Crippen molar-refractivity contribution in [1.82, 2.24) is 19.6 Å². The fourth-order valence-electron chi connectivity index (χ4n) is 4.42. The standard InChI is InChI=1S/C30H30N4O2/c1-5-33-29(19-27(31-33)21-10-14-25(35-3)15-11-21)23-8-7-9-24(18-23)30-20-28(32-34(30)6-2)22-12-16-26(36-4)17-13-22/h7-20H,5-6H2,1-4H3. The Balaban J connectivity index is 1.52. The first-order valence-electron chi connectivity index (χ1n) is 12.2. The molecule has 0 aliphatic rings. The normalized spacial score (nSPS) is 11.0. The number of hydrogen-bond donors (Lipinski definition) is 0. The van der Waals surface area contributed by atoms with E-state index in [4.69, 9.17) is 19.7 Å². The van der Waals surface area contributed by atoms with Crippen molar-refractivity contribution in [3.63, 3.8) is 0 Å². The Morgan fingerprint density at radius 3 is 1.33 bits per heavy atom. The number of hydrogen-bond acceptors (Lipinski definition) is 4. The second kappa shape index (κ2) is 10.1. The third kappa shape index (κ3) is 4.50. The first-order valence-corrected chi connectivity index (χ1v) is 12.2. The molecular formula is C30H30N4O2. The Bertz CT molecular complexity index is 1360. The maximum absolute atomic E-state index is 5.30. The number of methoxy groups -OCH3 is 2. The van der Waals surface area contributed by atoms with Crippen molar-refractivity contribution in [3.8, 4) is 56.5 Å². The van der Waals surface area contributed by atoms with Crippen LogP contribution in [0.1, 0.15) is 13.8 Å². The Hall–Kier alpha value is -4.32. The molecule has 6 heteroatoms. The summed E-state index contributed by atoms with van der Waals surface area (Å²) in [6.07, 6.45) is 0. The van der Waals surface area contributed by atoms with Crippen LogP contribution in [0.15, 0.2) is 84.9 Å². The van der Waals surface area contributed by atoms with Crippen LogP contribution < -0.4 is 9.47 Å². The summed E-state index contributed by atoms with van der Waals surface area (Å²) in [5.41, 5.74) is 8.43. The van der Waals surface area contributed by atoms with Crippen LogP contribution in [0.4, 0.5) is 0 Å². The Labute approximate surface area is 211 Å². The lowest BCUT2D eigenvalue weighted by molar-refractivity contribution is 0.415. The molecule has 0 spiro atoms. The molecule has 6 nitrogen and oxygen atoms in total. The number of ether oxygens (including phenoxy) is 2. The maximum Gasteiger partial charge on any atom is 0.118 e. The van der Waals surface area contributed by atoms with E-state index in [0.29, 0.717) is 0 Å². The molecule has 3 aromatic carbocycles. The molecule has 2 heterocycles. The van der Waals surface area contributed by atoms with E-state index in [-0.39, 0.29) is 0 Å². The fraction of sp³-hybridized carbons (Fsp3) is 0.200. The van der Waals surface area contributed by atoms with Gasteiger partial charge in [0.2, 0.25) is 0 Å². The molecule has 0 saturated heterocycles. The number of rotatable bonds is 8. The lowest BCUT2D eigenvalue weighted by atomic mass is 10.0. The van der Waals surface area contributed by atoms with Gasteiger partial charge in [0.05, 0.1) is 37.0 Å². The van der Waals surface area contributed by atoms with Gasteiger partial charge in [-0.05, 0) is 80.6 Å². The van der Waals surface area contributed by atoms with Crippen LogP contribution in [0, 0.1) is 0 Å². The molecule has 0 fully saturated rings. The quantitative estimate of drug-likeness (QED) is 0.246. The molecule has 0 amide bonds. The van der Waals surface area contributed by atoms with E-state index in [1.807, 2.05) is 48.5 Å². The summed E-state index contributed by atoms with van der Waals surface area (Å²) in [5, 5.41) is 9.75. The van der Waals surface area contributed by atoms with Gasteiger partial charge in [-0.25, -0.2) is 0 Å². The molecule has 0 aliphatic carbocycles. The van der Waals surface area contributed by atoms with Gasteiger partial charge in [0, 0.05) is 35.3 Å². The Morgan fingerprint density at radius 1 is 0.556 bits per heavy atom. The molecule has 5 rings (SSSR count). The van der Waals surface area contributed by atoms with Crippen molar-refractivity contribution in [3.05, 3.63) is 84.9 Å². The highest BCUT2D eigenvalue weighted by atomic mass is 16.5. The average Bonchev–Trinajstić information content (AvgIpc) is 3.58. The highest BCUT2D eigenvalue weighted by Crippen LogP contribution is 2.32. The van der Waals surface area contributed by atoms with Gasteiger partial charge in [-0.15, -0.1) is 0 Å². The van der Waals surface area contributed by atoms with E-state index in [9.17, 15) is 0 Å². The molecular weight excluding hydrogens is 448 g/mol. The Morgan fingerprint density at radius 2 is 0.972 bits per heavy atom. The first kappa shape index (κ1) is 23.4. The molecule has 182 valence electrons. The number of benzene rings is 3. The van der Waals surface area contributed by atoms with Gasteiger partial charge in [-0.2, -0.15) is 10.2 Å². The second-order valence-electron chi connectivity index (χ2n) is 8.50. The van der Waals surface area contributed by atoms with Crippen LogP contribution in [0.5, 0.6) is 11.5 Å². The van der Waals surface area contributed by atoms with Crippen LogP contribution in [-0.2, 0) is 13.1 Å². The second-order valence-corrected chi connectivity index (χ2v) is 8.50. The maximum atomic E-state index is 5.30. The summed E-state index contributed by atoms with van der Waals surface area (Å²) >= 11 is 0. The molecule has 0 aliphatic heterocycles. The van der Waals surface area contributed by atoms with Crippen LogP contribution in [-0.4, -0.2) is 33.8 Å². The van der Waals surface area contributed by atoms with E-state index in [1.165, 1.54) is 0 Å². The van der Waals surface area contributed by atoms with Crippen LogP contribution in [0.3, 0.4) is 0 Å². The molecule has 2 aromatic heterocycles. The number of nitrogens with zero attached hydrogens (tertiary/aromatic N) is 4. The third-order valence-corrected chi connectivity index (χ3v) is 6.38. The van der Waals surface area contributed by atoms with Crippen LogP contribution >= 0.6 is 0 Å². The van der Waals surface area contributed by atoms with Gasteiger partial charge >= 0.3 is 0 Å². The highest BCUT2D eigenvalue weighted by molar-refractivity contribution is 5.75. The van der Waals surface area contributed by atoms with Crippen molar-refractivity contribution in [2.24, 2.45) is 0 Å². The summed E-state index contributed by atoms with van der Waals surface area (Å²) in [6.45, 7) is 5.80. The van der Waals surface area contributed by atoms with Crippen LogP contribution in [0.2, 0.25) is 0 Å². The summed E-state index contributed by atoms with van der Waals surface area (Å²) < 4.78 is 14.7. The van der Waals surface area contributed by atoms with E-state index in [2.05, 4.69) is 59.6 Å². The molecule has 5 aromatic rings. The van der Waals surface area contributed by atoms with Gasteiger partial charge in [0.25, 0.3) is 0 Å². The predicted octanol–water partition coefficient (Wildman–Crippen LogP) is 6.80. The first-order chi connectivity index (χ1) is 17.6. The number of aryl methyl sites for hydroxylation is 2. The molecule has 0 bridgehead atoms. The van der Waals surface area contributed by atoms with Gasteiger partial charge in [-0.1, -0.05) is 18.2 Å². The van der Waals surface area contributed by atoms with E-state index >= 15 is 0 Å². The van der Waals surface area contributed by atoms with Gasteiger partial charge in [-0.3, -0.25) is 9.36 Å². The minimum atomic E-state index is 0.782. The SMILES string of the molecule is CCn1nc(-c2ccc(OC)cc2)cc1-c1cccc(-c2cc(-c3ccc(OC)cc3)nn2CC)c1. The molecule has 0 radical (unpaired) electrons. The van der Waals surface area contributed by atoms with Crippen molar-refractivity contribution in [2.45, 2.75) is 26.9 Å². The van der Waals surface area contributed by atoms with E-state index < -0.39 is 0 Å². The minimum absolute atomic E-state index is 0.782. The van der Waals surface area contributed by atoms with Gasteiger partial charge in [0.15, 0.2) is 0 Å². The molecule has 0 unspecified atom stereocenters. The lowest BCUT2D eigenvalue weighted by Gasteiger charge is -2.08. The highest BCUT2D eigenvalue weighted by Gasteiger charge is 2.15. The van der Waals surface area contributed by atoms with Crippen molar-refractivity contribution >= 4 is 0 Å². The smallest absolute Gasteiger partial charge is 0.118 e. The summed E-state index contributed by atoms with van der Waals surface area (Å²) in [6, 6.07) is 29.0. The number of aromatic nitrogens is 4. The van der Waals surface area contributed by atoms with Gasteiger partial charge < -0.3 is 9.47 Å². The van der Waals surface area contributed by atoms with Crippen LogP contribution in [0.25, 0.3) is 45.0 Å². The summed E-state index contributed by atoms with van der Waals surface area (Å²) in [4.78, 5) is 0. The fourth-order valence-corrected chi connectivity index (χ4v) is 4.42. The predicted molar refractivity (Wildman–Crippen MR) is 144 cm³/mol. The summed E-state index contributed by atoms with van der Waals surface area (Å²) in [7, 11) is 3.35. The molecule has 0 atom stereocenters. The third-order valence-electron chi connectivity index (χ3n) is 6.38. The average molecular weight is 479 g/mol. The minimum Gasteiger partial charge on any atom is -0.497 e. The summed E-state index contributed by atoms with van der Waals surface area (Å²) in [5.74, 6) is 1.67. The molecule has 0 N–H and O–H groups in total.